The zero-order chi connectivity index (χ0) is 11.3. The number of ether oxygens (including phenoxy) is 1. The molecule has 5 nitrogen and oxygen atoms in total. The molecule has 0 unspecified atom stereocenters. The van der Waals surface area contributed by atoms with Gasteiger partial charge in [-0.15, -0.1) is 5.10 Å². The van der Waals surface area contributed by atoms with Crippen molar-refractivity contribution in [1.82, 2.24) is 10.2 Å². The van der Waals surface area contributed by atoms with E-state index in [4.69, 9.17) is 0 Å². The Morgan fingerprint density at radius 2 is 2.20 bits per heavy atom. The molecular weight excluding hydrogens is 194 g/mol. The Labute approximate surface area is 89.1 Å². The third-order valence-electron chi connectivity index (χ3n) is 2.05. The van der Waals surface area contributed by atoms with Gasteiger partial charge in [0.2, 0.25) is 0 Å². The van der Waals surface area contributed by atoms with E-state index >= 15 is 0 Å². The van der Waals surface area contributed by atoms with E-state index in [1.165, 1.54) is 7.11 Å². The molecule has 0 aliphatic heterocycles. The lowest BCUT2D eigenvalue weighted by Gasteiger charge is -2.15. The van der Waals surface area contributed by atoms with Crippen LogP contribution in [0.5, 0.6) is 0 Å². The molecule has 0 aliphatic carbocycles. The minimum Gasteiger partial charge on any atom is -0.468 e. The second-order valence-electron chi connectivity index (χ2n) is 3.17. The molecule has 0 atom stereocenters. The lowest BCUT2D eigenvalue weighted by Crippen LogP contribution is -2.27. The van der Waals surface area contributed by atoms with E-state index in [0.717, 1.165) is 12.1 Å². The fourth-order valence-electron chi connectivity index (χ4n) is 1.08. The van der Waals surface area contributed by atoms with Crippen molar-refractivity contribution >= 4 is 11.8 Å². The largest absolute Gasteiger partial charge is 0.468 e. The van der Waals surface area contributed by atoms with Crippen molar-refractivity contribution in [3.63, 3.8) is 0 Å². The van der Waals surface area contributed by atoms with Gasteiger partial charge in [-0.05, 0) is 18.6 Å². The van der Waals surface area contributed by atoms with Crippen LogP contribution in [0.25, 0.3) is 0 Å². The van der Waals surface area contributed by atoms with E-state index in [9.17, 15) is 4.79 Å². The van der Waals surface area contributed by atoms with Crippen molar-refractivity contribution in [2.75, 3.05) is 25.6 Å². The van der Waals surface area contributed by atoms with Gasteiger partial charge in [0, 0.05) is 7.05 Å². The SMILES string of the molecule is CCc1ccc(N(C)CC(=O)OC)nn1. The summed E-state index contributed by atoms with van der Waals surface area (Å²) in [4.78, 5) is 12.7. The molecule has 0 fully saturated rings. The van der Waals surface area contributed by atoms with Crippen LogP contribution in [0.2, 0.25) is 0 Å². The molecule has 0 saturated heterocycles. The fraction of sp³-hybridized carbons (Fsp3) is 0.500. The van der Waals surface area contributed by atoms with Crippen LogP contribution in [0.4, 0.5) is 5.82 Å². The molecule has 82 valence electrons. The van der Waals surface area contributed by atoms with Gasteiger partial charge in [0.15, 0.2) is 5.82 Å². The molecule has 0 aliphatic rings. The van der Waals surface area contributed by atoms with Gasteiger partial charge in [-0.1, -0.05) is 6.92 Å². The monoisotopic (exact) mass is 209 g/mol. The van der Waals surface area contributed by atoms with Crippen molar-refractivity contribution in [1.29, 1.82) is 0 Å². The highest BCUT2D eigenvalue weighted by molar-refractivity contribution is 5.74. The maximum absolute atomic E-state index is 11.0. The first kappa shape index (κ1) is 11.4. The Hall–Kier alpha value is -1.65. The molecule has 1 rings (SSSR count). The average molecular weight is 209 g/mol. The van der Waals surface area contributed by atoms with E-state index < -0.39 is 0 Å². The molecule has 5 heteroatoms. The highest BCUT2D eigenvalue weighted by Gasteiger charge is 2.08. The number of esters is 1. The van der Waals surface area contributed by atoms with Crippen LogP contribution in [-0.4, -0.2) is 36.9 Å². The second kappa shape index (κ2) is 5.29. The lowest BCUT2D eigenvalue weighted by atomic mass is 10.3. The first-order valence-electron chi connectivity index (χ1n) is 4.78. The van der Waals surface area contributed by atoms with Crippen LogP contribution >= 0.6 is 0 Å². The number of nitrogens with zero attached hydrogens (tertiary/aromatic N) is 3. The van der Waals surface area contributed by atoms with Crippen LogP contribution in [0.3, 0.4) is 0 Å². The number of carbonyl (C=O) groups excluding carboxylic acids is 1. The summed E-state index contributed by atoms with van der Waals surface area (Å²) in [5, 5.41) is 8.01. The van der Waals surface area contributed by atoms with E-state index in [0.29, 0.717) is 5.82 Å². The number of carbonyl (C=O) groups is 1. The third kappa shape index (κ3) is 3.19. The Balaban J connectivity index is 2.65. The van der Waals surface area contributed by atoms with Gasteiger partial charge in [-0.25, -0.2) is 0 Å². The van der Waals surface area contributed by atoms with Crippen molar-refractivity contribution in [3.8, 4) is 0 Å². The van der Waals surface area contributed by atoms with Crippen LogP contribution < -0.4 is 4.90 Å². The molecule has 15 heavy (non-hydrogen) atoms. The van der Waals surface area contributed by atoms with Gasteiger partial charge in [-0.2, -0.15) is 5.10 Å². The minimum atomic E-state index is -0.293. The molecule has 0 radical (unpaired) electrons. The fourth-order valence-corrected chi connectivity index (χ4v) is 1.08. The van der Waals surface area contributed by atoms with E-state index in [2.05, 4.69) is 14.9 Å². The Bertz CT molecular complexity index is 324. The summed E-state index contributed by atoms with van der Waals surface area (Å²) in [6.07, 6.45) is 0.855. The molecule has 0 N–H and O–H groups in total. The van der Waals surface area contributed by atoms with Crippen LogP contribution in [0.1, 0.15) is 12.6 Å². The summed E-state index contributed by atoms with van der Waals surface area (Å²) >= 11 is 0. The third-order valence-corrected chi connectivity index (χ3v) is 2.05. The van der Waals surface area contributed by atoms with Gasteiger partial charge >= 0.3 is 5.97 Å². The number of hydrogen-bond donors (Lipinski definition) is 0. The van der Waals surface area contributed by atoms with Crippen LogP contribution in [-0.2, 0) is 16.0 Å². The van der Waals surface area contributed by atoms with Gasteiger partial charge in [0.1, 0.15) is 6.54 Å². The number of aryl methyl sites for hydroxylation is 1. The van der Waals surface area contributed by atoms with E-state index in [1.54, 1.807) is 11.9 Å². The number of hydrogen-bond acceptors (Lipinski definition) is 5. The van der Waals surface area contributed by atoms with Crippen molar-refractivity contribution in [2.24, 2.45) is 0 Å². The molecule has 0 aromatic carbocycles. The molecular formula is C10H15N3O2. The number of likely N-dealkylation sites (N-methyl/N-ethyl adjacent to an activating group) is 1. The summed E-state index contributed by atoms with van der Waals surface area (Å²) in [5.74, 6) is 0.372. The van der Waals surface area contributed by atoms with Crippen molar-refractivity contribution in [2.45, 2.75) is 13.3 Å². The predicted octanol–water partition coefficient (Wildman–Crippen LogP) is 0.648. The molecule has 0 saturated carbocycles. The van der Waals surface area contributed by atoms with Gasteiger partial charge in [-0.3, -0.25) is 4.79 Å². The quantitative estimate of drug-likeness (QED) is 0.681. The zero-order valence-electron chi connectivity index (χ0n) is 9.23. The molecule has 0 amide bonds. The van der Waals surface area contributed by atoms with Gasteiger partial charge < -0.3 is 9.64 Å². The lowest BCUT2D eigenvalue weighted by molar-refractivity contribution is -0.138. The number of methoxy groups -OCH3 is 1. The smallest absolute Gasteiger partial charge is 0.325 e. The molecule has 1 aromatic heterocycles. The summed E-state index contributed by atoms with van der Waals surface area (Å²) in [6.45, 7) is 2.19. The van der Waals surface area contributed by atoms with Crippen LogP contribution in [0, 0.1) is 0 Å². The number of anilines is 1. The van der Waals surface area contributed by atoms with Crippen molar-refractivity contribution in [3.05, 3.63) is 17.8 Å². The summed E-state index contributed by atoms with van der Waals surface area (Å²) in [5.41, 5.74) is 0.935. The maximum atomic E-state index is 11.0. The second-order valence-corrected chi connectivity index (χ2v) is 3.17. The highest BCUT2D eigenvalue weighted by atomic mass is 16.5. The zero-order valence-corrected chi connectivity index (χ0v) is 9.23. The molecule has 1 aromatic rings. The first-order chi connectivity index (χ1) is 7.17. The normalized spacial score (nSPS) is 9.80. The minimum absolute atomic E-state index is 0.177. The molecule has 0 bridgehead atoms. The Morgan fingerprint density at radius 1 is 1.47 bits per heavy atom. The summed E-state index contributed by atoms with van der Waals surface area (Å²) in [7, 11) is 3.13. The Morgan fingerprint density at radius 3 is 2.67 bits per heavy atom. The Kier molecular flexibility index (Phi) is 4.03. The van der Waals surface area contributed by atoms with Crippen LogP contribution in [0.15, 0.2) is 12.1 Å². The van der Waals surface area contributed by atoms with E-state index in [1.807, 2.05) is 19.1 Å². The topological polar surface area (TPSA) is 55.3 Å². The maximum Gasteiger partial charge on any atom is 0.325 e. The number of aromatic nitrogens is 2. The van der Waals surface area contributed by atoms with Gasteiger partial charge in [0.05, 0.1) is 12.8 Å². The first-order valence-corrected chi connectivity index (χ1v) is 4.78. The standard InChI is InChI=1S/C10H15N3O2/c1-4-8-5-6-9(12-11-8)13(2)7-10(14)15-3/h5-6H,4,7H2,1-3H3. The number of rotatable bonds is 4. The van der Waals surface area contributed by atoms with E-state index in [-0.39, 0.29) is 12.5 Å². The summed E-state index contributed by atoms with van der Waals surface area (Å²) in [6, 6.07) is 3.74. The van der Waals surface area contributed by atoms with Gasteiger partial charge in [0.25, 0.3) is 0 Å². The average Bonchev–Trinajstić information content (AvgIpc) is 2.29. The molecule has 1 heterocycles. The highest BCUT2D eigenvalue weighted by Crippen LogP contribution is 2.07. The molecule has 0 spiro atoms. The summed E-state index contributed by atoms with van der Waals surface area (Å²) < 4.78 is 4.56. The predicted molar refractivity (Wildman–Crippen MR) is 56.7 cm³/mol. The van der Waals surface area contributed by atoms with Crippen molar-refractivity contribution < 1.29 is 9.53 Å².